The van der Waals surface area contributed by atoms with Gasteiger partial charge < -0.3 is 29.5 Å². The summed E-state index contributed by atoms with van der Waals surface area (Å²) in [5, 5.41) is 33.0. The van der Waals surface area contributed by atoms with E-state index in [1.54, 1.807) is 6.08 Å². The maximum absolute atomic E-state index is 14.7. The van der Waals surface area contributed by atoms with Crippen molar-refractivity contribution in [3.63, 3.8) is 0 Å². The number of ketones is 2. The van der Waals surface area contributed by atoms with Crippen molar-refractivity contribution >= 4 is 17.5 Å². The van der Waals surface area contributed by atoms with E-state index >= 15 is 0 Å². The lowest BCUT2D eigenvalue weighted by atomic mass is 9.65. The Morgan fingerprint density at radius 3 is 2.30 bits per heavy atom. The second kappa shape index (κ2) is 10.9. The minimum Gasteiger partial charge on any atom is -0.506 e. The van der Waals surface area contributed by atoms with Crippen LogP contribution in [0.25, 0.3) is 0 Å². The van der Waals surface area contributed by atoms with Gasteiger partial charge in [-0.15, -0.1) is 0 Å². The number of carbonyl (C=O) groups is 3. The number of benzene rings is 1. The monoisotopic (exact) mass is 646 g/mol. The quantitative estimate of drug-likeness (QED) is 0.209. The topological polar surface area (TPSA) is 140 Å². The predicted molar refractivity (Wildman–Crippen MR) is 175 cm³/mol. The van der Waals surface area contributed by atoms with E-state index in [4.69, 9.17) is 14.2 Å². The molecule has 1 spiro atoms. The molecule has 9 heteroatoms. The molecule has 3 N–H and O–H groups in total. The molecule has 1 saturated carbocycles. The molecule has 1 saturated heterocycles. The van der Waals surface area contributed by atoms with Gasteiger partial charge in [-0.25, -0.2) is 4.79 Å². The molecule has 9 nitrogen and oxygen atoms in total. The van der Waals surface area contributed by atoms with E-state index in [1.807, 2.05) is 54.5 Å². The molecule has 3 aliphatic heterocycles. The molecule has 2 aliphatic carbocycles. The Kier molecular flexibility index (Phi) is 7.72. The Hall–Kier alpha value is -3.69. The maximum Gasteiger partial charge on any atom is 0.330 e. The van der Waals surface area contributed by atoms with Crippen LogP contribution in [-0.4, -0.2) is 55.3 Å². The molecule has 6 unspecified atom stereocenters. The standard InChI is InChI=1S/C38H46O9/c1-19(2)10-9-14-36(8)18-26(39)27-30(41)28-29(40)24-16-23-25-17-35(6,7)47-37(33(23)42,15-13-21(5)34(43)44)38(24,25)46-32(28)22(31(27)45-36)12-11-20(3)4/h10-11,13,16,23,25-26,39,41H,9,12,14-15,17-18H2,1-8H3,(H,43,44)/b21-13-. The number of aliphatic hydroxyl groups excluding tert-OH is 1. The second-order valence-corrected chi connectivity index (χ2v) is 15.4. The lowest BCUT2D eigenvalue weighted by Crippen LogP contribution is -2.70. The molecule has 2 fully saturated rings. The van der Waals surface area contributed by atoms with Crippen LogP contribution in [-0.2, 0) is 20.7 Å². The van der Waals surface area contributed by atoms with Crippen LogP contribution in [0.5, 0.6) is 17.2 Å². The summed E-state index contributed by atoms with van der Waals surface area (Å²) in [6.45, 7) is 15.1. The SMILES string of the molecule is CC(C)=CCCC1(C)CC(O)c2c(O)c3c(c(CC=C(C)C)c2O1)OC12C(=CC4C(=O)C1(C/C=C(/C)C(=O)O)OC(C)(C)CC42)C3=O. The van der Waals surface area contributed by atoms with Crippen molar-refractivity contribution < 1.29 is 43.9 Å². The van der Waals surface area contributed by atoms with Crippen molar-refractivity contribution in [3.05, 3.63) is 63.3 Å². The zero-order valence-corrected chi connectivity index (χ0v) is 28.6. The molecule has 47 heavy (non-hydrogen) atoms. The molecular weight excluding hydrogens is 600 g/mol. The van der Waals surface area contributed by atoms with Gasteiger partial charge in [0.05, 0.1) is 17.3 Å². The Morgan fingerprint density at radius 1 is 0.979 bits per heavy atom. The van der Waals surface area contributed by atoms with Crippen molar-refractivity contribution in [2.45, 2.75) is 122 Å². The lowest BCUT2D eigenvalue weighted by Gasteiger charge is -2.56. The van der Waals surface area contributed by atoms with Crippen molar-refractivity contribution in [3.8, 4) is 17.2 Å². The van der Waals surface area contributed by atoms with E-state index in [-0.39, 0.29) is 64.6 Å². The van der Waals surface area contributed by atoms with Crippen molar-refractivity contribution in [1.82, 2.24) is 0 Å². The number of ether oxygens (including phenoxy) is 3. The van der Waals surface area contributed by atoms with E-state index < -0.39 is 52.1 Å². The number of allylic oxidation sites excluding steroid dienone is 5. The highest BCUT2D eigenvalue weighted by Gasteiger charge is 2.81. The zero-order chi connectivity index (χ0) is 34.4. The van der Waals surface area contributed by atoms with Gasteiger partial charge >= 0.3 is 5.97 Å². The van der Waals surface area contributed by atoms with Crippen LogP contribution in [0, 0.1) is 11.8 Å². The first-order valence-electron chi connectivity index (χ1n) is 16.5. The smallest absolute Gasteiger partial charge is 0.330 e. The average molecular weight is 647 g/mol. The number of carbonyl (C=O) groups excluding carboxylic acids is 2. The highest BCUT2D eigenvalue weighted by Crippen LogP contribution is 2.69. The third-order valence-electron chi connectivity index (χ3n) is 10.7. The third kappa shape index (κ3) is 4.83. The number of Topliss-reactive ketones (excluding diaryl/α,β-unsaturated/α-hetero) is 2. The average Bonchev–Trinajstić information content (AvgIpc) is 3.32. The summed E-state index contributed by atoms with van der Waals surface area (Å²) in [7, 11) is 0. The molecule has 6 rings (SSSR count). The van der Waals surface area contributed by atoms with E-state index in [0.717, 1.165) is 12.0 Å². The fraction of sp³-hybridized carbons (Fsp3) is 0.553. The molecule has 4 bridgehead atoms. The van der Waals surface area contributed by atoms with Gasteiger partial charge in [0, 0.05) is 41.4 Å². The highest BCUT2D eigenvalue weighted by atomic mass is 16.6. The first-order chi connectivity index (χ1) is 21.9. The van der Waals surface area contributed by atoms with Gasteiger partial charge in [-0.2, -0.15) is 0 Å². The molecular formula is C38H46O9. The van der Waals surface area contributed by atoms with Gasteiger partial charge in [0.1, 0.15) is 28.4 Å². The summed E-state index contributed by atoms with van der Waals surface area (Å²) >= 11 is 0. The number of phenols is 1. The first-order valence-corrected chi connectivity index (χ1v) is 16.5. The summed E-state index contributed by atoms with van der Waals surface area (Å²) < 4.78 is 20.5. The molecule has 6 atom stereocenters. The molecule has 1 aromatic rings. The molecule has 3 heterocycles. The maximum atomic E-state index is 14.7. The van der Waals surface area contributed by atoms with Crippen LogP contribution in [0.1, 0.15) is 115 Å². The summed E-state index contributed by atoms with van der Waals surface area (Å²) in [4.78, 5) is 40.8. The van der Waals surface area contributed by atoms with Crippen LogP contribution < -0.4 is 9.47 Å². The van der Waals surface area contributed by atoms with Crippen molar-refractivity contribution in [1.29, 1.82) is 0 Å². The normalized spacial score (nSPS) is 32.7. The van der Waals surface area contributed by atoms with Gasteiger partial charge in [0.15, 0.2) is 22.8 Å². The van der Waals surface area contributed by atoms with Crippen LogP contribution in [0.15, 0.2) is 46.6 Å². The Balaban J connectivity index is 1.58. The number of aliphatic hydroxyl groups is 1. The van der Waals surface area contributed by atoms with Crippen LogP contribution >= 0.6 is 0 Å². The number of hydrogen-bond acceptors (Lipinski definition) is 8. The largest absolute Gasteiger partial charge is 0.506 e. The number of rotatable bonds is 8. The number of phenolic OH excluding ortho intramolecular Hbond substituents is 1. The van der Waals surface area contributed by atoms with E-state index in [2.05, 4.69) is 6.08 Å². The van der Waals surface area contributed by atoms with Gasteiger partial charge in [-0.1, -0.05) is 35.5 Å². The second-order valence-electron chi connectivity index (χ2n) is 15.4. The Bertz CT molecular complexity index is 1720. The Labute approximate surface area is 276 Å². The van der Waals surface area contributed by atoms with Gasteiger partial charge in [-0.3, -0.25) is 9.59 Å². The molecule has 0 radical (unpaired) electrons. The number of carboxylic acids is 1. The van der Waals surface area contributed by atoms with Crippen LogP contribution in [0.3, 0.4) is 0 Å². The van der Waals surface area contributed by atoms with Gasteiger partial charge in [0.2, 0.25) is 0 Å². The molecule has 0 amide bonds. The highest BCUT2D eigenvalue weighted by molar-refractivity contribution is 6.19. The van der Waals surface area contributed by atoms with E-state index in [9.17, 15) is 29.7 Å². The lowest BCUT2D eigenvalue weighted by molar-refractivity contribution is -0.235. The number of carboxylic acid groups (broad SMARTS) is 1. The minimum absolute atomic E-state index is 0.0497. The summed E-state index contributed by atoms with van der Waals surface area (Å²) in [5.41, 5.74) is -1.65. The van der Waals surface area contributed by atoms with E-state index in [1.165, 1.54) is 18.6 Å². The number of aliphatic carboxylic acids is 1. The molecule has 0 aromatic heterocycles. The minimum atomic E-state index is -1.67. The molecule has 1 aromatic carbocycles. The van der Waals surface area contributed by atoms with E-state index in [0.29, 0.717) is 18.4 Å². The zero-order valence-electron chi connectivity index (χ0n) is 28.6. The van der Waals surface area contributed by atoms with Crippen LogP contribution in [0.2, 0.25) is 0 Å². The Morgan fingerprint density at radius 2 is 1.66 bits per heavy atom. The van der Waals surface area contributed by atoms with Crippen molar-refractivity contribution in [2.75, 3.05) is 0 Å². The molecule has 5 aliphatic rings. The third-order valence-corrected chi connectivity index (χ3v) is 10.7. The van der Waals surface area contributed by atoms with Crippen LogP contribution in [0.4, 0.5) is 0 Å². The van der Waals surface area contributed by atoms with Crippen molar-refractivity contribution in [2.24, 2.45) is 11.8 Å². The number of hydrogen-bond donors (Lipinski definition) is 3. The number of aromatic hydroxyl groups is 1. The fourth-order valence-electron chi connectivity index (χ4n) is 8.60. The van der Waals surface area contributed by atoms with Gasteiger partial charge in [-0.05, 0) is 81.1 Å². The van der Waals surface area contributed by atoms with Gasteiger partial charge in [0.25, 0.3) is 0 Å². The fourth-order valence-corrected chi connectivity index (χ4v) is 8.60. The summed E-state index contributed by atoms with van der Waals surface area (Å²) in [5.74, 6) is -2.95. The summed E-state index contributed by atoms with van der Waals surface area (Å²) in [6, 6.07) is 0. The summed E-state index contributed by atoms with van der Waals surface area (Å²) in [6.07, 6.45) is 8.32. The number of fused-ring (bicyclic) bond motifs is 2. The first kappa shape index (κ1) is 33.2. The predicted octanol–water partition coefficient (Wildman–Crippen LogP) is 6.65. The molecule has 252 valence electrons.